The summed E-state index contributed by atoms with van der Waals surface area (Å²) in [5.74, 6) is 0. The van der Waals surface area contributed by atoms with Crippen molar-refractivity contribution in [3.8, 4) is 0 Å². The van der Waals surface area contributed by atoms with Gasteiger partial charge in [-0.05, 0) is 24.6 Å². The molecule has 1 rings (SSSR count). The van der Waals surface area contributed by atoms with Crippen molar-refractivity contribution in [2.75, 3.05) is 13.1 Å². The van der Waals surface area contributed by atoms with E-state index >= 15 is 0 Å². The van der Waals surface area contributed by atoms with E-state index in [1.165, 1.54) is 28.6 Å². The Labute approximate surface area is 126 Å². The first kappa shape index (κ1) is 18.1. The van der Waals surface area contributed by atoms with Gasteiger partial charge in [0, 0.05) is 19.1 Å². The topological polar surface area (TPSA) is 110 Å². The minimum atomic E-state index is -3.75. The third-order valence-corrected chi connectivity index (χ3v) is 5.86. The highest BCUT2D eigenvalue weighted by Crippen LogP contribution is 2.17. The van der Waals surface area contributed by atoms with Gasteiger partial charge in [0.05, 0.1) is 4.90 Å². The molecule has 7 nitrogen and oxygen atoms in total. The highest BCUT2D eigenvalue weighted by Gasteiger charge is 2.21. The number of hydrogen-bond donors (Lipinski definition) is 2. The van der Waals surface area contributed by atoms with Gasteiger partial charge in [-0.3, -0.25) is 0 Å². The lowest BCUT2D eigenvalue weighted by Gasteiger charge is -2.22. The van der Waals surface area contributed by atoms with E-state index in [-0.39, 0.29) is 4.90 Å². The van der Waals surface area contributed by atoms with Gasteiger partial charge in [0.15, 0.2) is 0 Å². The predicted octanol–water partition coefficient (Wildman–Crippen LogP) is 0.571. The van der Waals surface area contributed by atoms with E-state index in [0.717, 1.165) is 0 Å². The molecule has 0 aliphatic carbocycles. The number of nitrogens with two attached hydrogens (primary N) is 1. The monoisotopic (exact) mass is 335 g/mol. The Morgan fingerprint density at radius 1 is 1.10 bits per heavy atom. The van der Waals surface area contributed by atoms with Crippen LogP contribution in [0.25, 0.3) is 0 Å². The fraction of sp³-hybridized carbons (Fsp3) is 0.500. The number of benzene rings is 1. The van der Waals surface area contributed by atoms with E-state index in [9.17, 15) is 16.8 Å². The molecule has 0 amide bonds. The Morgan fingerprint density at radius 2 is 1.57 bits per heavy atom. The lowest BCUT2D eigenvalue weighted by molar-refractivity contribution is 0.429. The maximum Gasteiger partial charge on any atom is 0.279 e. The zero-order valence-corrected chi connectivity index (χ0v) is 13.9. The number of nitrogens with one attached hydrogen (secondary N) is 1. The van der Waals surface area contributed by atoms with Gasteiger partial charge in [-0.2, -0.15) is 17.4 Å². The van der Waals surface area contributed by atoms with Gasteiger partial charge < -0.3 is 0 Å². The van der Waals surface area contributed by atoms with Crippen LogP contribution in [0.15, 0.2) is 29.2 Å². The molecule has 0 spiro atoms. The molecule has 0 radical (unpaired) electrons. The summed E-state index contributed by atoms with van der Waals surface area (Å²) < 4.78 is 50.4. The van der Waals surface area contributed by atoms with Crippen LogP contribution < -0.4 is 9.86 Å². The normalized spacial score (nSPS) is 14.3. The second-order valence-corrected chi connectivity index (χ2v) is 7.81. The molecule has 1 atom stereocenters. The summed E-state index contributed by atoms with van der Waals surface area (Å²) in [5.41, 5.74) is 0.651. The number of sulfonamides is 1. The molecule has 0 aromatic heterocycles. The van der Waals surface area contributed by atoms with Crippen molar-refractivity contribution in [2.45, 2.75) is 31.7 Å². The van der Waals surface area contributed by atoms with Crippen molar-refractivity contribution < 1.29 is 16.8 Å². The highest BCUT2D eigenvalue weighted by molar-refractivity contribution is 7.89. The maximum absolute atomic E-state index is 12.1. The van der Waals surface area contributed by atoms with Gasteiger partial charge >= 0.3 is 0 Å². The molecule has 21 heavy (non-hydrogen) atoms. The van der Waals surface area contributed by atoms with Crippen LogP contribution in [0.1, 0.15) is 32.4 Å². The molecule has 1 aromatic rings. The second-order valence-electron chi connectivity index (χ2n) is 4.54. The third-order valence-electron chi connectivity index (χ3n) is 3.08. The number of primary sulfonamides is 1. The molecular formula is C12H21N3O4S2. The molecule has 120 valence electrons. The Bertz CT molecular complexity index is 665. The van der Waals surface area contributed by atoms with Gasteiger partial charge in [-0.25, -0.2) is 13.6 Å². The molecule has 0 saturated carbocycles. The van der Waals surface area contributed by atoms with Gasteiger partial charge in [0.1, 0.15) is 0 Å². The zero-order chi connectivity index (χ0) is 16.3. The summed E-state index contributed by atoms with van der Waals surface area (Å²) in [7, 11) is -7.32. The summed E-state index contributed by atoms with van der Waals surface area (Å²) in [6, 6.07) is 5.30. The smallest absolute Gasteiger partial charge is 0.225 e. The summed E-state index contributed by atoms with van der Waals surface area (Å²) in [6.07, 6.45) is 0. The van der Waals surface area contributed by atoms with E-state index in [4.69, 9.17) is 5.14 Å². The average Bonchev–Trinajstić information content (AvgIpc) is 2.38. The number of rotatable bonds is 7. The van der Waals surface area contributed by atoms with Crippen molar-refractivity contribution in [3.05, 3.63) is 29.8 Å². The SMILES string of the molecule is CCN(CC)S(=O)(=O)NC(C)c1ccc(S(N)(=O)=O)cc1. The van der Waals surface area contributed by atoms with Crippen LogP contribution in [0.5, 0.6) is 0 Å². The van der Waals surface area contributed by atoms with E-state index in [1.54, 1.807) is 20.8 Å². The molecule has 1 aromatic carbocycles. The zero-order valence-electron chi connectivity index (χ0n) is 12.3. The summed E-state index contributed by atoms with van der Waals surface area (Å²) in [5, 5.41) is 5.01. The molecule has 0 aliphatic heterocycles. The standard InChI is InChI=1S/C12H21N3O4S2/c1-4-15(5-2)21(18,19)14-10(3)11-6-8-12(9-7-11)20(13,16)17/h6-10,14H,4-5H2,1-3H3,(H2,13,16,17). The fourth-order valence-corrected chi connectivity index (χ4v) is 3.80. The van der Waals surface area contributed by atoms with E-state index in [1.807, 2.05) is 0 Å². The lowest BCUT2D eigenvalue weighted by Crippen LogP contribution is -2.41. The number of nitrogens with zero attached hydrogens (tertiary/aromatic N) is 1. The maximum atomic E-state index is 12.1. The molecule has 0 bridgehead atoms. The van der Waals surface area contributed by atoms with Gasteiger partial charge in [-0.1, -0.05) is 26.0 Å². The molecular weight excluding hydrogens is 314 g/mol. The van der Waals surface area contributed by atoms with Crippen LogP contribution in [0.2, 0.25) is 0 Å². The Balaban J connectivity index is 2.92. The van der Waals surface area contributed by atoms with Crippen LogP contribution >= 0.6 is 0 Å². The average molecular weight is 335 g/mol. The van der Waals surface area contributed by atoms with E-state index in [0.29, 0.717) is 18.7 Å². The largest absolute Gasteiger partial charge is 0.279 e. The highest BCUT2D eigenvalue weighted by atomic mass is 32.2. The molecule has 0 fully saturated rings. The Kier molecular flexibility index (Phi) is 5.88. The van der Waals surface area contributed by atoms with Crippen LogP contribution in [0.4, 0.5) is 0 Å². The van der Waals surface area contributed by atoms with Crippen molar-refractivity contribution in [1.82, 2.24) is 9.03 Å². The van der Waals surface area contributed by atoms with E-state index < -0.39 is 26.3 Å². The molecule has 1 unspecified atom stereocenters. The van der Waals surface area contributed by atoms with Crippen molar-refractivity contribution >= 4 is 20.2 Å². The molecule has 3 N–H and O–H groups in total. The minimum Gasteiger partial charge on any atom is -0.225 e. The Morgan fingerprint density at radius 3 is 1.95 bits per heavy atom. The molecule has 9 heteroatoms. The second kappa shape index (κ2) is 6.84. The quantitative estimate of drug-likeness (QED) is 0.759. The van der Waals surface area contributed by atoms with Crippen molar-refractivity contribution in [3.63, 3.8) is 0 Å². The number of hydrogen-bond acceptors (Lipinski definition) is 4. The van der Waals surface area contributed by atoms with E-state index in [2.05, 4.69) is 4.72 Å². The Hall–Kier alpha value is -1.00. The van der Waals surface area contributed by atoms with Crippen LogP contribution in [-0.2, 0) is 20.2 Å². The van der Waals surface area contributed by atoms with Crippen LogP contribution in [-0.4, -0.2) is 34.2 Å². The van der Waals surface area contributed by atoms with Gasteiger partial charge in [-0.15, -0.1) is 0 Å². The first-order valence-corrected chi connectivity index (χ1v) is 9.50. The van der Waals surface area contributed by atoms with Crippen LogP contribution in [0, 0.1) is 0 Å². The summed E-state index contributed by atoms with van der Waals surface area (Å²) in [4.78, 5) is -0.00921. The van der Waals surface area contributed by atoms with Crippen molar-refractivity contribution in [1.29, 1.82) is 0 Å². The van der Waals surface area contributed by atoms with Crippen molar-refractivity contribution in [2.24, 2.45) is 5.14 Å². The summed E-state index contributed by atoms with van der Waals surface area (Å²) >= 11 is 0. The first-order valence-electron chi connectivity index (χ1n) is 6.52. The molecule has 0 heterocycles. The third kappa shape index (κ3) is 4.75. The van der Waals surface area contributed by atoms with Crippen LogP contribution in [0.3, 0.4) is 0 Å². The molecule has 0 aliphatic rings. The van der Waals surface area contributed by atoms with Gasteiger partial charge in [0.25, 0.3) is 10.2 Å². The molecule has 0 saturated heterocycles. The first-order chi connectivity index (χ1) is 9.61. The lowest BCUT2D eigenvalue weighted by atomic mass is 10.1. The summed E-state index contributed by atoms with van der Waals surface area (Å²) in [6.45, 7) is 5.96. The predicted molar refractivity (Wildman–Crippen MR) is 81.2 cm³/mol. The fourth-order valence-electron chi connectivity index (χ4n) is 1.88. The van der Waals surface area contributed by atoms with Gasteiger partial charge in [0.2, 0.25) is 10.0 Å². The minimum absolute atomic E-state index is 0.00921.